The second-order valence-electron chi connectivity index (χ2n) is 5.01. The average molecular weight is 369 g/mol. The number of carbonyl (C=O) groups is 2. The summed E-state index contributed by atoms with van der Waals surface area (Å²) in [4.78, 5) is 34.8. The van der Waals surface area contributed by atoms with E-state index in [1.165, 1.54) is 47.7 Å². The first kappa shape index (κ1) is 17.3. The van der Waals surface area contributed by atoms with Crippen molar-refractivity contribution in [3.8, 4) is 11.5 Å². The zero-order valence-corrected chi connectivity index (χ0v) is 14.0. The highest BCUT2D eigenvalue weighted by Gasteiger charge is 2.17. The van der Waals surface area contributed by atoms with Gasteiger partial charge in [0.1, 0.15) is 4.88 Å². The van der Waals surface area contributed by atoms with Crippen LogP contribution in [-0.2, 0) is 0 Å². The summed E-state index contributed by atoms with van der Waals surface area (Å²) < 4.78 is 10.5. The van der Waals surface area contributed by atoms with E-state index in [2.05, 4.69) is 0 Å². The molecule has 0 aliphatic carbocycles. The lowest BCUT2D eigenvalue weighted by Gasteiger charge is -2.09. The van der Waals surface area contributed by atoms with Gasteiger partial charge in [0.25, 0.3) is 5.69 Å². The molecule has 3 aromatic rings. The molecule has 0 fully saturated rings. The first-order valence-corrected chi connectivity index (χ1v) is 8.24. The summed E-state index contributed by atoms with van der Waals surface area (Å²) in [5, 5.41) is 12.4. The second-order valence-corrected chi connectivity index (χ2v) is 5.95. The Morgan fingerprint density at radius 1 is 0.846 bits per heavy atom. The van der Waals surface area contributed by atoms with Crippen molar-refractivity contribution in [2.45, 2.75) is 0 Å². The number of nitrogens with zero attached hydrogens (tertiary/aromatic N) is 1. The lowest BCUT2D eigenvalue weighted by Crippen LogP contribution is -2.12. The molecule has 0 aliphatic rings. The second kappa shape index (κ2) is 7.58. The highest BCUT2D eigenvalue weighted by molar-refractivity contribution is 7.12. The van der Waals surface area contributed by atoms with Crippen molar-refractivity contribution in [2.75, 3.05) is 0 Å². The van der Waals surface area contributed by atoms with Gasteiger partial charge in [-0.1, -0.05) is 18.2 Å². The molecule has 1 aromatic heterocycles. The molecule has 26 heavy (non-hydrogen) atoms. The van der Waals surface area contributed by atoms with Gasteiger partial charge in [-0.3, -0.25) is 10.1 Å². The van der Waals surface area contributed by atoms with Gasteiger partial charge in [0.2, 0.25) is 0 Å². The molecule has 0 atom stereocenters. The predicted molar refractivity (Wildman–Crippen MR) is 93.8 cm³/mol. The maximum Gasteiger partial charge on any atom is 0.353 e. The minimum Gasteiger partial charge on any atom is -0.419 e. The smallest absolute Gasteiger partial charge is 0.353 e. The van der Waals surface area contributed by atoms with Crippen molar-refractivity contribution in [1.82, 2.24) is 0 Å². The Morgan fingerprint density at radius 2 is 1.46 bits per heavy atom. The summed E-state index contributed by atoms with van der Waals surface area (Å²) in [6.07, 6.45) is 0. The Balaban J connectivity index is 1.76. The van der Waals surface area contributed by atoms with Crippen LogP contribution in [0.3, 0.4) is 0 Å². The molecule has 0 aliphatic heterocycles. The number of esters is 2. The van der Waals surface area contributed by atoms with Gasteiger partial charge in [0, 0.05) is 12.1 Å². The van der Waals surface area contributed by atoms with Crippen molar-refractivity contribution in [3.05, 3.63) is 86.6 Å². The van der Waals surface area contributed by atoms with E-state index < -0.39 is 16.9 Å². The summed E-state index contributed by atoms with van der Waals surface area (Å²) in [7, 11) is 0. The lowest BCUT2D eigenvalue weighted by atomic mass is 10.2. The number of nitro benzene ring substituents is 1. The van der Waals surface area contributed by atoms with Crippen molar-refractivity contribution in [1.29, 1.82) is 0 Å². The van der Waals surface area contributed by atoms with Crippen LogP contribution < -0.4 is 9.47 Å². The van der Waals surface area contributed by atoms with E-state index in [0.717, 1.165) is 0 Å². The van der Waals surface area contributed by atoms with E-state index >= 15 is 0 Å². The fraction of sp³-hybridized carbons (Fsp3) is 0. The number of ether oxygens (including phenoxy) is 2. The third-order valence-electron chi connectivity index (χ3n) is 3.29. The topological polar surface area (TPSA) is 95.7 Å². The molecule has 0 spiro atoms. The van der Waals surface area contributed by atoms with Gasteiger partial charge in [-0.05, 0) is 35.7 Å². The van der Waals surface area contributed by atoms with E-state index in [4.69, 9.17) is 9.47 Å². The van der Waals surface area contributed by atoms with Gasteiger partial charge < -0.3 is 9.47 Å². The number of benzene rings is 2. The van der Waals surface area contributed by atoms with Crippen LogP contribution in [-0.4, -0.2) is 16.9 Å². The number of rotatable bonds is 5. The van der Waals surface area contributed by atoms with E-state index in [1.54, 1.807) is 29.6 Å². The van der Waals surface area contributed by atoms with E-state index in [1.807, 2.05) is 0 Å². The molecule has 0 radical (unpaired) electrons. The van der Waals surface area contributed by atoms with Crippen LogP contribution >= 0.6 is 11.3 Å². The molecule has 7 nitrogen and oxygen atoms in total. The van der Waals surface area contributed by atoms with Crippen molar-refractivity contribution in [2.24, 2.45) is 0 Å². The molecular formula is C18H11NO6S. The molecular weight excluding hydrogens is 358 g/mol. The molecule has 0 amide bonds. The number of hydrogen-bond donors (Lipinski definition) is 0. The minimum absolute atomic E-state index is 0.0701. The molecule has 1 heterocycles. The number of nitro groups is 1. The number of non-ortho nitro benzene ring substituents is 1. The van der Waals surface area contributed by atoms with Gasteiger partial charge in [-0.25, -0.2) is 9.59 Å². The van der Waals surface area contributed by atoms with Crippen LogP contribution in [0.2, 0.25) is 0 Å². The molecule has 0 unspecified atom stereocenters. The Morgan fingerprint density at radius 3 is 2.00 bits per heavy atom. The third kappa shape index (κ3) is 3.93. The molecule has 130 valence electrons. The molecule has 0 saturated heterocycles. The molecule has 0 bridgehead atoms. The van der Waals surface area contributed by atoms with E-state index in [-0.39, 0.29) is 22.7 Å². The zero-order valence-electron chi connectivity index (χ0n) is 13.2. The zero-order chi connectivity index (χ0) is 18.5. The summed E-state index contributed by atoms with van der Waals surface area (Å²) in [5.41, 5.74) is 0.00168. The van der Waals surface area contributed by atoms with Gasteiger partial charge in [-0.15, -0.1) is 11.3 Å². The van der Waals surface area contributed by atoms with Crippen LogP contribution in [0.15, 0.2) is 66.0 Å². The number of hydrogen-bond acceptors (Lipinski definition) is 7. The van der Waals surface area contributed by atoms with Crippen molar-refractivity contribution >= 4 is 29.0 Å². The third-order valence-corrected chi connectivity index (χ3v) is 4.14. The number of para-hydroxylation sites is 2. The number of carbonyl (C=O) groups excluding carboxylic acids is 2. The fourth-order valence-corrected chi connectivity index (χ4v) is 2.64. The van der Waals surface area contributed by atoms with Crippen molar-refractivity contribution in [3.63, 3.8) is 0 Å². The normalized spacial score (nSPS) is 10.2. The lowest BCUT2D eigenvalue weighted by molar-refractivity contribution is -0.384. The Labute approximate surface area is 151 Å². The highest BCUT2D eigenvalue weighted by atomic mass is 32.1. The first-order chi connectivity index (χ1) is 12.5. The van der Waals surface area contributed by atoms with Crippen molar-refractivity contribution < 1.29 is 24.0 Å². The van der Waals surface area contributed by atoms with Crippen LogP contribution in [0.5, 0.6) is 11.5 Å². The Bertz CT molecular complexity index is 950. The fourth-order valence-electron chi connectivity index (χ4n) is 2.04. The summed E-state index contributed by atoms with van der Waals surface area (Å²) in [6, 6.07) is 14.6. The quantitative estimate of drug-likeness (QED) is 0.291. The molecule has 3 rings (SSSR count). The van der Waals surface area contributed by atoms with Crippen LogP contribution in [0.4, 0.5) is 5.69 Å². The molecule has 0 saturated carbocycles. The molecule has 2 aromatic carbocycles. The van der Waals surface area contributed by atoms with E-state index in [0.29, 0.717) is 4.88 Å². The van der Waals surface area contributed by atoms with Crippen LogP contribution in [0.25, 0.3) is 0 Å². The monoisotopic (exact) mass is 369 g/mol. The van der Waals surface area contributed by atoms with Gasteiger partial charge >= 0.3 is 11.9 Å². The summed E-state index contributed by atoms with van der Waals surface area (Å²) in [6.45, 7) is 0. The molecule has 8 heteroatoms. The predicted octanol–water partition coefficient (Wildman–Crippen LogP) is 4.09. The standard InChI is InChI=1S/C18H11NO6S/c20-17(12-7-9-13(10-8-12)19(22)23)24-14-4-1-2-5-15(14)25-18(21)16-6-3-11-26-16/h1-11H. The Kier molecular flexibility index (Phi) is 5.04. The summed E-state index contributed by atoms with van der Waals surface area (Å²) >= 11 is 1.23. The minimum atomic E-state index is -0.723. The number of thiophene rings is 1. The first-order valence-electron chi connectivity index (χ1n) is 7.36. The average Bonchev–Trinajstić information content (AvgIpc) is 3.18. The van der Waals surface area contributed by atoms with Crippen LogP contribution in [0.1, 0.15) is 20.0 Å². The summed E-state index contributed by atoms with van der Waals surface area (Å²) in [5.74, 6) is -1.11. The molecule has 0 N–H and O–H groups in total. The maximum atomic E-state index is 12.2. The largest absolute Gasteiger partial charge is 0.419 e. The SMILES string of the molecule is O=C(Oc1ccccc1OC(=O)c1cccs1)c1ccc([N+](=O)[O-])cc1. The van der Waals surface area contributed by atoms with E-state index in [9.17, 15) is 19.7 Å². The maximum absolute atomic E-state index is 12.2. The van der Waals surface area contributed by atoms with Gasteiger partial charge in [0.15, 0.2) is 11.5 Å². The van der Waals surface area contributed by atoms with Crippen LogP contribution in [0, 0.1) is 10.1 Å². The van der Waals surface area contributed by atoms with Gasteiger partial charge in [0.05, 0.1) is 10.5 Å². The van der Waals surface area contributed by atoms with Gasteiger partial charge in [-0.2, -0.15) is 0 Å². The highest BCUT2D eigenvalue weighted by Crippen LogP contribution is 2.28. The Hall–Kier alpha value is -3.52.